The van der Waals surface area contributed by atoms with Crippen molar-refractivity contribution in [3.8, 4) is 5.75 Å². The molecule has 3 heterocycles. The molecule has 1 spiro atoms. The van der Waals surface area contributed by atoms with Crippen LogP contribution >= 0.6 is 11.6 Å². The summed E-state index contributed by atoms with van der Waals surface area (Å²) >= 11 is 6.69. The Bertz CT molecular complexity index is 1050. The maximum Gasteiger partial charge on any atom is 0.309 e. The van der Waals surface area contributed by atoms with Crippen LogP contribution in [0.3, 0.4) is 0 Å². The maximum atomic E-state index is 12.3. The molecule has 1 saturated heterocycles. The van der Waals surface area contributed by atoms with Crippen LogP contribution in [0, 0.1) is 0 Å². The minimum Gasteiger partial charge on any atom is -0.493 e. The Morgan fingerprint density at radius 3 is 2.58 bits per heavy atom. The Morgan fingerprint density at radius 2 is 1.81 bits per heavy atom. The predicted molar refractivity (Wildman–Crippen MR) is 115 cm³/mol. The Labute approximate surface area is 185 Å². The monoisotopic (exact) mass is 442 g/mol. The van der Waals surface area contributed by atoms with Gasteiger partial charge >= 0.3 is 11.9 Å². The summed E-state index contributed by atoms with van der Waals surface area (Å²) in [6.07, 6.45) is 1.53. The number of nitrogens with one attached hydrogen (secondary N) is 1. The lowest BCUT2D eigenvalue weighted by Crippen LogP contribution is -2.43. The zero-order valence-electron chi connectivity index (χ0n) is 17.2. The second-order valence-electron chi connectivity index (χ2n) is 8.00. The second-order valence-corrected chi connectivity index (χ2v) is 8.41. The fraction of sp³-hybridized carbons (Fsp3) is 0.391. The van der Waals surface area contributed by atoms with E-state index in [0.29, 0.717) is 30.2 Å². The third-order valence-corrected chi connectivity index (χ3v) is 6.34. The summed E-state index contributed by atoms with van der Waals surface area (Å²) in [5.41, 5.74) is 4.47. The molecule has 2 aromatic rings. The molecular weight excluding hydrogens is 420 g/mol. The van der Waals surface area contributed by atoms with E-state index in [2.05, 4.69) is 11.4 Å². The molecule has 0 saturated carbocycles. The van der Waals surface area contributed by atoms with Gasteiger partial charge in [0.05, 0.1) is 36.7 Å². The number of nitrogens with zero attached hydrogens (tertiary/aromatic N) is 1. The number of carbonyl (C=O) groups excluding carboxylic acids is 2. The molecule has 2 aromatic carbocycles. The van der Waals surface area contributed by atoms with Crippen molar-refractivity contribution in [2.45, 2.75) is 31.5 Å². The van der Waals surface area contributed by atoms with Gasteiger partial charge in [-0.05, 0) is 54.4 Å². The predicted octanol–water partition coefficient (Wildman–Crippen LogP) is 3.22. The van der Waals surface area contributed by atoms with Crippen molar-refractivity contribution in [1.29, 1.82) is 0 Å². The smallest absolute Gasteiger partial charge is 0.309 e. The van der Waals surface area contributed by atoms with Crippen LogP contribution in [0.2, 0.25) is 5.02 Å². The van der Waals surface area contributed by atoms with Gasteiger partial charge in [-0.15, -0.1) is 0 Å². The van der Waals surface area contributed by atoms with Crippen LogP contribution in [0.5, 0.6) is 5.75 Å². The lowest BCUT2D eigenvalue weighted by Gasteiger charge is -2.33. The number of anilines is 2. The van der Waals surface area contributed by atoms with Crippen LogP contribution in [0.4, 0.5) is 11.4 Å². The number of ether oxygens (including phenoxy) is 3. The number of benzene rings is 2. The largest absolute Gasteiger partial charge is 0.493 e. The quantitative estimate of drug-likeness (QED) is 0.715. The molecule has 31 heavy (non-hydrogen) atoms. The molecule has 0 aliphatic carbocycles. The van der Waals surface area contributed by atoms with Crippen LogP contribution in [0.15, 0.2) is 30.3 Å². The first-order chi connectivity index (χ1) is 15.0. The molecule has 162 valence electrons. The molecule has 5 rings (SSSR count). The fourth-order valence-corrected chi connectivity index (χ4v) is 4.83. The minimum absolute atomic E-state index is 0.00740. The highest BCUT2D eigenvalue weighted by atomic mass is 35.5. The number of carbonyl (C=O) groups is 2. The third-order valence-electron chi connectivity index (χ3n) is 6.04. The van der Waals surface area contributed by atoms with Gasteiger partial charge in [0.15, 0.2) is 0 Å². The van der Waals surface area contributed by atoms with Gasteiger partial charge in [0, 0.05) is 24.7 Å². The molecule has 0 amide bonds. The lowest BCUT2D eigenvalue weighted by molar-refractivity contribution is -0.225. The van der Waals surface area contributed by atoms with Gasteiger partial charge in [-0.2, -0.15) is 0 Å². The first-order valence-electron chi connectivity index (χ1n) is 10.4. The number of esters is 2. The van der Waals surface area contributed by atoms with Gasteiger partial charge in [0.2, 0.25) is 0 Å². The van der Waals surface area contributed by atoms with Crippen molar-refractivity contribution in [1.82, 2.24) is 5.32 Å². The highest BCUT2D eigenvalue weighted by molar-refractivity contribution is 6.33. The van der Waals surface area contributed by atoms with E-state index in [1.54, 1.807) is 12.1 Å². The summed E-state index contributed by atoms with van der Waals surface area (Å²) in [5, 5.41) is 3.82. The van der Waals surface area contributed by atoms with Crippen molar-refractivity contribution >= 4 is 34.9 Å². The van der Waals surface area contributed by atoms with Gasteiger partial charge in [-0.25, -0.2) is 0 Å². The normalized spacial score (nSPS) is 19.4. The number of hydrogen-bond acceptors (Lipinski definition) is 7. The van der Waals surface area contributed by atoms with Crippen LogP contribution in [0.1, 0.15) is 29.5 Å². The van der Waals surface area contributed by atoms with E-state index < -0.39 is 17.7 Å². The van der Waals surface area contributed by atoms with Gasteiger partial charge in [-0.1, -0.05) is 11.6 Å². The molecule has 1 N–H and O–H groups in total. The standard InChI is InChI=1S/C23H23ClN2O5/c1-26(15-2-5-19-14(12-15)9-11-29-19)22-16-8-10-25-13-23(17(16)3-4-18(22)24)30-20(27)6-7-21(28)31-23/h2-5,12,25H,6-11,13H2,1H3. The van der Waals surface area contributed by atoms with E-state index in [4.69, 9.17) is 25.8 Å². The van der Waals surface area contributed by atoms with Crippen molar-refractivity contribution < 1.29 is 23.8 Å². The number of fused-ring (bicyclic) bond motifs is 3. The molecule has 0 atom stereocenters. The highest BCUT2D eigenvalue weighted by Crippen LogP contribution is 2.43. The van der Waals surface area contributed by atoms with Gasteiger partial charge in [-0.3, -0.25) is 9.59 Å². The minimum atomic E-state index is -1.50. The molecule has 0 aromatic heterocycles. The number of halogens is 1. The van der Waals surface area contributed by atoms with E-state index >= 15 is 0 Å². The molecule has 8 heteroatoms. The second kappa shape index (κ2) is 7.73. The van der Waals surface area contributed by atoms with E-state index in [0.717, 1.165) is 34.7 Å². The van der Waals surface area contributed by atoms with E-state index in [1.807, 2.05) is 24.1 Å². The SMILES string of the molecule is CN(c1ccc2c(c1)CCO2)c1c(Cl)ccc2c1CCNCC21OC(=O)CCC(=O)O1. The Hall–Kier alpha value is -2.77. The van der Waals surface area contributed by atoms with Crippen LogP contribution in [-0.4, -0.2) is 38.7 Å². The zero-order valence-corrected chi connectivity index (χ0v) is 18.0. The summed E-state index contributed by atoms with van der Waals surface area (Å²) in [6.45, 7) is 1.51. The Morgan fingerprint density at radius 1 is 1.03 bits per heavy atom. The van der Waals surface area contributed by atoms with Crippen molar-refractivity contribution in [3.63, 3.8) is 0 Å². The molecular formula is C23H23ClN2O5. The van der Waals surface area contributed by atoms with Gasteiger partial charge in [0.25, 0.3) is 5.79 Å². The molecule has 1 fully saturated rings. The first-order valence-corrected chi connectivity index (χ1v) is 10.8. The third kappa shape index (κ3) is 3.51. The maximum absolute atomic E-state index is 12.3. The summed E-state index contributed by atoms with van der Waals surface area (Å²) < 4.78 is 17.1. The summed E-state index contributed by atoms with van der Waals surface area (Å²) in [6, 6.07) is 9.64. The Balaban J connectivity index is 1.63. The first kappa shape index (κ1) is 20.2. The zero-order chi connectivity index (χ0) is 21.6. The average Bonchev–Trinajstić information content (AvgIpc) is 3.08. The molecule has 3 aliphatic rings. The van der Waals surface area contributed by atoms with Crippen LogP contribution in [0.25, 0.3) is 0 Å². The topological polar surface area (TPSA) is 77.1 Å². The Kier molecular flexibility index (Phi) is 5.02. The van der Waals surface area contributed by atoms with Crippen molar-refractivity contribution in [2.24, 2.45) is 0 Å². The molecule has 0 radical (unpaired) electrons. The fourth-order valence-electron chi connectivity index (χ4n) is 4.53. The lowest BCUT2D eigenvalue weighted by atomic mass is 9.95. The number of rotatable bonds is 2. The van der Waals surface area contributed by atoms with Gasteiger partial charge < -0.3 is 24.4 Å². The van der Waals surface area contributed by atoms with Crippen LogP contribution in [-0.2, 0) is 37.7 Å². The van der Waals surface area contributed by atoms with E-state index in [9.17, 15) is 9.59 Å². The van der Waals surface area contributed by atoms with Crippen molar-refractivity contribution in [3.05, 3.63) is 52.0 Å². The molecule has 3 aliphatic heterocycles. The van der Waals surface area contributed by atoms with Crippen molar-refractivity contribution in [2.75, 3.05) is 31.6 Å². The van der Waals surface area contributed by atoms with Crippen LogP contribution < -0.4 is 15.0 Å². The number of hydrogen-bond donors (Lipinski definition) is 1. The highest BCUT2D eigenvalue weighted by Gasteiger charge is 2.46. The van der Waals surface area contributed by atoms with E-state index in [1.165, 1.54) is 0 Å². The molecule has 0 unspecified atom stereocenters. The average molecular weight is 443 g/mol. The summed E-state index contributed by atoms with van der Waals surface area (Å²) in [5.74, 6) is -1.49. The van der Waals surface area contributed by atoms with Gasteiger partial charge in [0.1, 0.15) is 5.75 Å². The van der Waals surface area contributed by atoms with E-state index in [-0.39, 0.29) is 19.4 Å². The molecule has 0 bridgehead atoms. The molecule has 7 nitrogen and oxygen atoms in total. The summed E-state index contributed by atoms with van der Waals surface area (Å²) in [4.78, 5) is 26.6. The summed E-state index contributed by atoms with van der Waals surface area (Å²) in [7, 11) is 1.95.